The Labute approximate surface area is 179 Å². The van der Waals surface area contributed by atoms with Crippen LogP contribution in [0.15, 0.2) is 37.6 Å². The van der Waals surface area contributed by atoms with Crippen LogP contribution >= 0.6 is 11.3 Å². The van der Waals surface area contributed by atoms with Crippen molar-refractivity contribution in [2.24, 2.45) is 0 Å². The third-order valence-electron chi connectivity index (χ3n) is 4.85. The summed E-state index contributed by atoms with van der Waals surface area (Å²) in [7, 11) is 0. The normalized spacial score (nSPS) is 11.9. The third-order valence-corrected chi connectivity index (χ3v) is 5.60. The molecule has 6 nitrogen and oxygen atoms in total. The average Bonchev–Trinajstić information content (AvgIpc) is 3.03. The summed E-state index contributed by atoms with van der Waals surface area (Å²) in [5, 5.41) is 10.8. The third kappa shape index (κ3) is 5.30. The molecule has 0 atom stereocenters. The topological polar surface area (TPSA) is 81.7 Å². The van der Waals surface area contributed by atoms with Gasteiger partial charge in [-0.25, -0.2) is 4.79 Å². The van der Waals surface area contributed by atoms with Crippen LogP contribution in [0.25, 0.3) is 11.0 Å². The molecule has 0 spiro atoms. The van der Waals surface area contributed by atoms with Gasteiger partial charge < -0.3 is 14.3 Å². The summed E-state index contributed by atoms with van der Waals surface area (Å²) < 4.78 is 52.4. The van der Waals surface area contributed by atoms with Crippen molar-refractivity contribution in [2.75, 3.05) is 6.61 Å². The second-order valence-electron chi connectivity index (χ2n) is 7.07. The van der Waals surface area contributed by atoms with Crippen LogP contribution in [-0.4, -0.2) is 16.3 Å². The number of fused-ring (bicyclic) bond motifs is 1. The number of unbranched alkanes of at least 4 members (excludes halogenated alkanes) is 2. The molecule has 0 aliphatic heterocycles. The highest BCUT2D eigenvalue weighted by Gasteiger charge is 2.34. The van der Waals surface area contributed by atoms with E-state index in [0.717, 1.165) is 17.8 Å². The molecule has 0 unspecified atom stereocenters. The van der Waals surface area contributed by atoms with Crippen molar-refractivity contribution in [2.45, 2.75) is 51.7 Å². The molecule has 3 aromatic rings. The molecule has 1 aromatic carbocycles. The maximum atomic E-state index is 13.4. The first-order valence-electron chi connectivity index (χ1n) is 9.89. The highest BCUT2D eigenvalue weighted by Crippen LogP contribution is 2.37. The monoisotopic (exact) mass is 457 g/mol. The van der Waals surface area contributed by atoms with Crippen LogP contribution in [0.5, 0.6) is 11.6 Å². The van der Waals surface area contributed by atoms with E-state index in [0.29, 0.717) is 49.6 Å². The second-order valence-corrected chi connectivity index (χ2v) is 7.89. The lowest BCUT2D eigenvalue weighted by Crippen LogP contribution is -2.13. The Kier molecular flexibility index (Phi) is 7.09. The molecule has 0 saturated carbocycles. The molecular weight excluding hydrogens is 435 g/mol. The van der Waals surface area contributed by atoms with E-state index in [4.69, 9.17) is 9.15 Å². The van der Waals surface area contributed by atoms with Gasteiger partial charge in [-0.15, -0.1) is 0 Å². The lowest BCUT2D eigenvalue weighted by Gasteiger charge is -2.15. The standard InChI is InChI=1S/C21H22F3NO5S/c1-2-3-6-14-16(29-10-5-4-9-25-17(26)12-31-20(25)28)8-7-13-15(21(22,23)24)11-18(27)30-19(13)14/h7-8,11-12,26H,2-6,9-10H2,1H3. The van der Waals surface area contributed by atoms with Crippen molar-refractivity contribution < 1.29 is 27.4 Å². The number of rotatable bonds is 9. The summed E-state index contributed by atoms with van der Waals surface area (Å²) in [4.78, 5) is 23.1. The summed E-state index contributed by atoms with van der Waals surface area (Å²) >= 11 is 0.916. The molecule has 3 rings (SSSR count). The van der Waals surface area contributed by atoms with Crippen LogP contribution in [0.4, 0.5) is 13.2 Å². The minimum Gasteiger partial charge on any atom is -0.494 e. The summed E-state index contributed by atoms with van der Waals surface area (Å²) in [6.45, 7) is 2.54. The van der Waals surface area contributed by atoms with Crippen LogP contribution in [0, 0.1) is 0 Å². The molecule has 2 aromatic heterocycles. The van der Waals surface area contributed by atoms with Crippen molar-refractivity contribution in [3.63, 3.8) is 0 Å². The molecule has 0 amide bonds. The molecule has 0 bridgehead atoms. The van der Waals surface area contributed by atoms with Gasteiger partial charge in [-0.1, -0.05) is 24.7 Å². The van der Waals surface area contributed by atoms with Crippen LogP contribution in [0.1, 0.15) is 43.7 Å². The zero-order chi connectivity index (χ0) is 22.6. The minimum absolute atomic E-state index is 0.0807. The number of aryl methyl sites for hydroxylation is 1. The van der Waals surface area contributed by atoms with E-state index in [1.165, 1.54) is 22.1 Å². The number of alkyl halides is 3. The first kappa shape index (κ1) is 22.9. The number of nitrogens with zero attached hydrogens (tertiary/aromatic N) is 1. The van der Waals surface area contributed by atoms with Crippen LogP contribution in [0.3, 0.4) is 0 Å². The molecule has 0 saturated heterocycles. The van der Waals surface area contributed by atoms with Crippen molar-refractivity contribution in [1.29, 1.82) is 0 Å². The lowest BCUT2D eigenvalue weighted by molar-refractivity contribution is -0.136. The number of aromatic hydroxyl groups is 1. The highest BCUT2D eigenvalue weighted by atomic mass is 32.1. The summed E-state index contributed by atoms with van der Waals surface area (Å²) in [6, 6.07) is 3.20. The first-order chi connectivity index (χ1) is 14.7. The van der Waals surface area contributed by atoms with E-state index in [1.54, 1.807) is 0 Å². The van der Waals surface area contributed by atoms with Gasteiger partial charge in [0.25, 0.3) is 0 Å². The van der Waals surface area contributed by atoms with Crippen molar-refractivity contribution in [3.8, 4) is 11.6 Å². The van der Waals surface area contributed by atoms with Crippen molar-refractivity contribution in [3.05, 3.63) is 54.8 Å². The average molecular weight is 457 g/mol. The van der Waals surface area contributed by atoms with E-state index in [-0.39, 0.29) is 28.3 Å². The number of hydrogen-bond acceptors (Lipinski definition) is 6. The second kappa shape index (κ2) is 9.59. The summed E-state index contributed by atoms with van der Waals surface area (Å²) in [5.41, 5.74) is -1.74. The van der Waals surface area contributed by atoms with Crippen LogP contribution in [0.2, 0.25) is 0 Å². The lowest BCUT2D eigenvalue weighted by atomic mass is 10.0. The van der Waals surface area contributed by atoms with Gasteiger partial charge in [0.15, 0.2) is 0 Å². The highest BCUT2D eigenvalue weighted by molar-refractivity contribution is 7.07. The Hall–Kier alpha value is -2.75. The Morgan fingerprint density at radius 1 is 1.19 bits per heavy atom. The predicted octanol–water partition coefficient (Wildman–Crippen LogP) is 4.94. The quantitative estimate of drug-likeness (QED) is 0.364. The van der Waals surface area contributed by atoms with Gasteiger partial charge >= 0.3 is 16.7 Å². The molecule has 168 valence electrons. The van der Waals surface area contributed by atoms with E-state index in [2.05, 4.69) is 0 Å². The molecular formula is C21H22F3NO5S. The maximum Gasteiger partial charge on any atom is 0.417 e. The fourth-order valence-corrected chi connectivity index (χ4v) is 3.95. The molecule has 0 aliphatic rings. The van der Waals surface area contributed by atoms with Crippen LogP contribution in [-0.2, 0) is 19.1 Å². The van der Waals surface area contributed by atoms with Crippen molar-refractivity contribution in [1.82, 2.24) is 4.57 Å². The minimum atomic E-state index is -4.68. The maximum absolute atomic E-state index is 13.4. The van der Waals surface area contributed by atoms with Gasteiger partial charge in [-0.05, 0) is 37.8 Å². The SMILES string of the molecule is CCCCc1c(OCCCCn2c(O)csc2=O)ccc2c(C(F)(F)F)cc(=O)oc12. The number of aromatic nitrogens is 1. The van der Waals surface area contributed by atoms with Crippen LogP contribution < -0.4 is 15.2 Å². The van der Waals surface area contributed by atoms with Crippen molar-refractivity contribution >= 4 is 22.3 Å². The van der Waals surface area contributed by atoms with E-state index >= 15 is 0 Å². The predicted molar refractivity (Wildman–Crippen MR) is 111 cm³/mol. The number of benzene rings is 1. The largest absolute Gasteiger partial charge is 0.494 e. The number of ether oxygens (including phenoxy) is 1. The fraction of sp³-hybridized carbons (Fsp3) is 0.429. The van der Waals surface area contributed by atoms with Gasteiger partial charge in [0.2, 0.25) is 5.88 Å². The zero-order valence-corrected chi connectivity index (χ0v) is 17.6. The molecule has 31 heavy (non-hydrogen) atoms. The smallest absolute Gasteiger partial charge is 0.417 e. The summed E-state index contributed by atoms with van der Waals surface area (Å²) in [6.07, 6.45) is -1.65. The van der Waals surface area contributed by atoms with Gasteiger partial charge in [-0.2, -0.15) is 13.2 Å². The van der Waals surface area contributed by atoms with E-state index in [9.17, 15) is 27.9 Å². The van der Waals surface area contributed by atoms with Gasteiger partial charge in [0, 0.05) is 23.6 Å². The molecule has 1 N–H and O–H groups in total. The Balaban J connectivity index is 1.81. The Morgan fingerprint density at radius 3 is 2.61 bits per heavy atom. The molecule has 0 radical (unpaired) electrons. The van der Waals surface area contributed by atoms with E-state index in [1.807, 2.05) is 6.92 Å². The van der Waals surface area contributed by atoms with Gasteiger partial charge in [-0.3, -0.25) is 9.36 Å². The zero-order valence-electron chi connectivity index (χ0n) is 16.8. The molecule has 10 heteroatoms. The Morgan fingerprint density at radius 2 is 1.97 bits per heavy atom. The van der Waals surface area contributed by atoms with E-state index < -0.39 is 17.4 Å². The number of thiazole rings is 1. The number of hydrogen-bond donors (Lipinski definition) is 1. The molecule has 0 aliphatic carbocycles. The first-order valence-corrected chi connectivity index (χ1v) is 10.8. The molecule has 0 fully saturated rings. The molecule has 2 heterocycles. The fourth-order valence-electron chi connectivity index (χ4n) is 3.31. The Bertz CT molecular complexity index is 1160. The number of halogens is 3. The van der Waals surface area contributed by atoms with Gasteiger partial charge in [0.1, 0.15) is 11.3 Å². The van der Waals surface area contributed by atoms with Gasteiger partial charge in [0.05, 0.1) is 17.6 Å². The summed E-state index contributed by atoms with van der Waals surface area (Å²) in [5.74, 6) is 0.293.